The van der Waals surface area contributed by atoms with E-state index >= 15 is 0 Å². The lowest BCUT2D eigenvalue weighted by atomic mass is 9.94. The summed E-state index contributed by atoms with van der Waals surface area (Å²) in [6.45, 7) is 8.06. The summed E-state index contributed by atoms with van der Waals surface area (Å²) < 4.78 is 14.1. The predicted molar refractivity (Wildman–Crippen MR) is 106 cm³/mol. The zero-order chi connectivity index (χ0) is 18.7. The van der Waals surface area contributed by atoms with Gasteiger partial charge in [-0.2, -0.15) is 5.10 Å². The molecule has 0 unspecified atom stereocenters. The van der Waals surface area contributed by atoms with Crippen molar-refractivity contribution in [3.05, 3.63) is 47.8 Å². The van der Waals surface area contributed by atoms with Crippen molar-refractivity contribution in [3.8, 4) is 0 Å². The van der Waals surface area contributed by atoms with E-state index in [2.05, 4.69) is 52.7 Å². The monoisotopic (exact) mass is 370 g/mol. The van der Waals surface area contributed by atoms with Crippen LogP contribution < -0.4 is 5.32 Å². The first-order chi connectivity index (χ1) is 13.1. The number of anilines is 1. The smallest absolute Gasteiger partial charge is 0.104 e. The Balaban J connectivity index is 1.34. The Kier molecular flexibility index (Phi) is 5.48. The molecule has 0 saturated carbocycles. The fraction of sp³-hybridized carbons (Fsp3) is 0.571. The van der Waals surface area contributed by atoms with Gasteiger partial charge in [0.25, 0.3) is 0 Å². The zero-order valence-corrected chi connectivity index (χ0v) is 16.4. The van der Waals surface area contributed by atoms with Gasteiger partial charge in [0.05, 0.1) is 26.0 Å². The third-order valence-corrected chi connectivity index (χ3v) is 5.49. The highest BCUT2D eigenvalue weighted by molar-refractivity contribution is 5.45. The topological polar surface area (TPSA) is 51.5 Å². The molecular formula is C21H30N4O2. The van der Waals surface area contributed by atoms with Crippen molar-refractivity contribution >= 4 is 5.69 Å². The fourth-order valence-corrected chi connectivity index (χ4v) is 4.23. The number of hydrogen-bond acceptors (Lipinski definition) is 5. The lowest BCUT2D eigenvalue weighted by molar-refractivity contribution is -0.0562. The highest BCUT2D eigenvalue weighted by atomic mass is 16.5. The Labute approximate surface area is 161 Å². The van der Waals surface area contributed by atoms with Crippen LogP contribution in [0.15, 0.2) is 36.7 Å². The molecule has 4 rings (SSSR count). The van der Waals surface area contributed by atoms with Crippen LogP contribution in [0.2, 0.25) is 0 Å². The standard InChI is InChI=1S/C21H30N4O2/c1-17-4-3-5-20(8-17)22-10-18-9-21(27-14-18)15-25(6-7-26-16-21)13-19-11-23-24(2)12-19/h3-5,8,11-12,18,22H,6-7,9-10,13-16H2,1-2H3/t18-,21+/m0/s1. The summed E-state index contributed by atoms with van der Waals surface area (Å²) in [5.41, 5.74) is 3.52. The first-order valence-corrected chi connectivity index (χ1v) is 9.82. The Morgan fingerprint density at radius 2 is 2.30 bits per heavy atom. The van der Waals surface area contributed by atoms with E-state index in [4.69, 9.17) is 9.47 Å². The second kappa shape index (κ2) is 8.00. The van der Waals surface area contributed by atoms with Crippen LogP contribution in [0.4, 0.5) is 5.69 Å². The van der Waals surface area contributed by atoms with Crippen molar-refractivity contribution in [2.45, 2.75) is 25.5 Å². The van der Waals surface area contributed by atoms with Crippen molar-refractivity contribution < 1.29 is 9.47 Å². The summed E-state index contributed by atoms with van der Waals surface area (Å²) in [5, 5.41) is 7.86. The summed E-state index contributed by atoms with van der Waals surface area (Å²) >= 11 is 0. The van der Waals surface area contributed by atoms with Crippen molar-refractivity contribution in [2.24, 2.45) is 13.0 Å². The van der Waals surface area contributed by atoms with Gasteiger partial charge in [-0.3, -0.25) is 9.58 Å². The quantitative estimate of drug-likeness (QED) is 0.876. The normalized spacial score (nSPS) is 26.4. The Morgan fingerprint density at radius 1 is 1.37 bits per heavy atom. The molecule has 1 spiro atoms. The first-order valence-electron chi connectivity index (χ1n) is 9.82. The Hall–Kier alpha value is -1.89. The SMILES string of the molecule is Cc1cccc(NC[C@H]2CO[C@]3(COCCN(Cc4cnn(C)c4)C3)C2)c1. The molecule has 1 aromatic carbocycles. The Morgan fingerprint density at radius 3 is 3.11 bits per heavy atom. The van der Waals surface area contributed by atoms with Gasteiger partial charge in [0, 0.05) is 56.6 Å². The summed E-state index contributed by atoms with van der Waals surface area (Å²) in [5.74, 6) is 0.507. The van der Waals surface area contributed by atoms with E-state index in [0.29, 0.717) is 12.5 Å². The van der Waals surface area contributed by atoms with Gasteiger partial charge in [0.2, 0.25) is 0 Å². The molecule has 1 aromatic heterocycles. The van der Waals surface area contributed by atoms with Crippen LogP contribution in [-0.2, 0) is 23.1 Å². The minimum Gasteiger partial charge on any atom is -0.385 e. The van der Waals surface area contributed by atoms with Crippen LogP contribution >= 0.6 is 0 Å². The number of aromatic nitrogens is 2. The molecule has 2 saturated heterocycles. The number of nitrogens with zero attached hydrogens (tertiary/aromatic N) is 3. The third kappa shape index (κ3) is 4.69. The molecule has 2 fully saturated rings. The van der Waals surface area contributed by atoms with Crippen LogP contribution in [0.5, 0.6) is 0 Å². The van der Waals surface area contributed by atoms with Crippen molar-refractivity contribution in [1.29, 1.82) is 0 Å². The Bertz CT molecular complexity index is 762. The lowest BCUT2D eigenvalue weighted by Gasteiger charge is -2.31. The fourth-order valence-electron chi connectivity index (χ4n) is 4.23. The molecule has 0 amide bonds. The highest BCUT2D eigenvalue weighted by Gasteiger charge is 2.43. The molecular weight excluding hydrogens is 340 g/mol. The maximum Gasteiger partial charge on any atom is 0.104 e. The van der Waals surface area contributed by atoms with Gasteiger partial charge >= 0.3 is 0 Å². The summed E-state index contributed by atoms with van der Waals surface area (Å²) in [6.07, 6.45) is 5.07. The van der Waals surface area contributed by atoms with Crippen LogP contribution in [0.25, 0.3) is 0 Å². The second-order valence-corrected chi connectivity index (χ2v) is 8.10. The van der Waals surface area contributed by atoms with E-state index in [0.717, 1.165) is 45.8 Å². The predicted octanol–water partition coefficient (Wildman–Crippen LogP) is 2.45. The van der Waals surface area contributed by atoms with Gasteiger partial charge in [-0.15, -0.1) is 0 Å². The lowest BCUT2D eigenvalue weighted by Crippen LogP contribution is -2.43. The molecule has 27 heavy (non-hydrogen) atoms. The minimum atomic E-state index is -0.183. The van der Waals surface area contributed by atoms with E-state index in [-0.39, 0.29) is 5.60 Å². The zero-order valence-electron chi connectivity index (χ0n) is 16.4. The van der Waals surface area contributed by atoms with Crippen molar-refractivity contribution in [3.63, 3.8) is 0 Å². The number of hydrogen-bond donors (Lipinski definition) is 1. The average molecular weight is 370 g/mol. The molecule has 2 aromatic rings. The van der Waals surface area contributed by atoms with E-state index < -0.39 is 0 Å². The van der Waals surface area contributed by atoms with Gasteiger partial charge in [0.15, 0.2) is 0 Å². The summed E-state index contributed by atoms with van der Waals surface area (Å²) in [6, 6.07) is 8.54. The van der Waals surface area contributed by atoms with Gasteiger partial charge in [-0.1, -0.05) is 12.1 Å². The second-order valence-electron chi connectivity index (χ2n) is 8.10. The first kappa shape index (κ1) is 18.5. The number of ether oxygens (including phenoxy) is 2. The van der Waals surface area contributed by atoms with Gasteiger partial charge in [0.1, 0.15) is 5.60 Å². The molecule has 0 aliphatic carbocycles. The van der Waals surface area contributed by atoms with Gasteiger partial charge in [-0.05, 0) is 31.0 Å². The average Bonchev–Trinajstić information content (AvgIpc) is 3.17. The van der Waals surface area contributed by atoms with Crippen LogP contribution in [0, 0.1) is 12.8 Å². The van der Waals surface area contributed by atoms with E-state index in [9.17, 15) is 0 Å². The van der Waals surface area contributed by atoms with E-state index in [1.54, 1.807) is 0 Å². The molecule has 6 heteroatoms. The van der Waals surface area contributed by atoms with Gasteiger partial charge < -0.3 is 14.8 Å². The number of rotatable bonds is 5. The molecule has 2 aliphatic rings. The summed E-state index contributed by atoms with van der Waals surface area (Å²) in [4.78, 5) is 2.44. The molecule has 1 N–H and O–H groups in total. The van der Waals surface area contributed by atoms with Crippen LogP contribution in [0.3, 0.4) is 0 Å². The van der Waals surface area contributed by atoms with Crippen molar-refractivity contribution in [1.82, 2.24) is 14.7 Å². The third-order valence-electron chi connectivity index (χ3n) is 5.49. The highest BCUT2D eigenvalue weighted by Crippen LogP contribution is 2.33. The number of nitrogens with one attached hydrogen (secondary N) is 1. The van der Waals surface area contributed by atoms with E-state index in [1.165, 1.54) is 16.8 Å². The molecule has 0 radical (unpaired) electrons. The molecule has 6 nitrogen and oxygen atoms in total. The number of aryl methyl sites for hydroxylation is 2. The molecule has 0 bridgehead atoms. The maximum atomic E-state index is 6.33. The van der Waals surface area contributed by atoms with Gasteiger partial charge in [-0.25, -0.2) is 0 Å². The molecule has 146 valence electrons. The maximum absolute atomic E-state index is 6.33. The van der Waals surface area contributed by atoms with E-state index in [1.807, 2.05) is 17.9 Å². The molecule has 2 aliphatic heterocycles. The van der Waals surface area contributed by atoms with Crippen LogP contribution in [0.1, 0.15) is 17.5 Å². The minimum absolute atomic E-state index is 0.183. The number of benzene rings is 1. The molecule has 2 atom stereocenters. The van der Waals surface area contributed by atoms with Crippen molar-refractivity contribution in [2.75, 3.05) is 44.8 Å². The largest absolute Gasteiger partial charge is 0.385 e. The summed E-state index contributed by atoms with van der Waals surface area (Å²) in [7, 11) is 1.96. The van der Waals surface area contributed by atoms with Crippen LogP contribution in [-0.4, -0.2) is 59.7 Å². The molecule has 3 heterocycles.